The molecule has 2 fully saturated rings. The maximum absolute atomic E-state index is 9.92. The Kier molecular flexibility index (Phi) is 3.57. The summed E-state index contributed by atoms with van der Waals surface area (Å²) in [5.41, 5.74) is 0.897. The second-order valence-electron chi connectivity index (χ2n) is 7.63. The van der Waals surface area contributed by atoms with Gasteiger partial charge in [0.15, 0.2) is 0 Å². The molecule has 0 aromatic carbocycles. The van der Waals surface area contributed by atoms with E-state index >= 15 is 0 Å². The van der Waals surface area contributed by atoms with Crippen molar-refractivity contribution in [3.05, 3.63) is 0 Å². The van der Waals surface area contributed by atoms with Crippen molar-refractivity contribution in [2.24, 2.45) is 10.8 Å². The molecule has 17 heavy (non-hydrogen) atoms. The van der Waals surface area contributed by atoms with Crippen molar-refractivity contribution in [2.75, 3.05) is 13.1 Å². The molecule has 1 heterocycles. The molecule has 2 nitrogen and oxygen atoms in total. The fourth-order valence-corrected chi connectivity index (χ4v) is 3.48. The van der Waals surface area contributed by atoms with E-state index < -0.39 is 0 Å². The standard InChI is InChI=1S/C15H29NO/c1-14(2)7-9-16(10-8-14)13-11-12(17)5-6-15(13,3)4/h12-13,17H,5-11H2,1-4H3. The van der Waals surface area contributed by atoms with Crippen LogP contribution in [0.1, 0.15) is 59.8 Å². The Morgan fingerprint density at radius 3 is 2.18 bits per heavy atom. The molecular weight excluding hydrogens is 210 g/mol. The SMILES string of the molecule is CC1(C)CCN(C2CC(O)CCC2(C)C)CC1. The van der Waals surface area contributed by atoms with E-state index in [0.717, 1.165) is 12.8 Å². The van der Waals surface area contributed by atoms with Gasteiger partial charge in [0.1, 0.15) is 0 Å². The van der Waals surface area contributed by atoms with Crippen molar-refractivity contribution in [3.63, 3.8) is 0 Å². The van der Waals surface area contributed by atoms with Gasteiger partial charge in [-0.15, -0.1) is 0 Å². The summed E-state index contributed by atoms with van der Waals surface area (Å²) >= 11 is 0. The summed E-state index contributed by atoms with van der Waals surface area (Å²) in [7, 11) is 0. The van der Waals surface area contributed by atoms with E-state index in [2.05, 4.69) is 32.6 Å². The van der Waals surface area contributed by atoms with Crippen molar-refractivity contribution < 1.29 is 5.11 Å². The molecule has 0 spiro atoms. The first-order valence-corrected chi connectivity index (χ1v) is 7.22. The summed E-state index contributed by atoms with van der Waals surface area (Å²) < 4.78 is 0. The molecule has 1 saturated heterocycles. The molecule has 0 amide bonds. The van der Waals surface area contributed by atoms with Crippen molar-refractivity contribution in [2.45, 2.75) is 71.9 Å². The van der Waals surface area contributed by atoms with Crippen molar-refractivity contribution in [1.82, 2.24) is 4.90 Å². The molecule has 0 aromatic rings. The first-order valence-electron chi connectivity index (χ1n) is 7.22. The Hall–Kier alpha value is -0.0800. The van der Waals surface area contributed by atoms with Crippen LogP contribution < -0.4 is 0 Å². The van der Waals surface area contributed by atoms with Crippen LogP contribution in [0.15, 0.2) is 0 Å². The van der Waals surface area contributed by atoms with Crippen LogP contribution in [0.4, 0.5) is 0 Å². The average Bonchev–Trinajstić information content (AvgIpc) is 2.22. The van der Waals surface area contributed by atoms with E-state index in [0.29, 0.717) is 16.9 Å². The highest BCUT2D eigenvalue weighted by atomic mass is 16.3. The van der Waals surface area contributed by atoms with Crippen molar-refractivity contribution >= 4 is 0 Å². The lowest BCUT2D eigenvalue weighted by atomic mass is 9.70. The lowest BCUT2D eigenvalue weighted by Gasteiger charge is -2.50. The van der Waals surface area contributed by atoms with Crippen LogP contribution in [0.5, 0.6) is 0 Å². The summed E-state index contributed by atoms with van der Waals surface area (Å²) in [6.45, 7) is 11.9. The molecular formula is C15H29NO. The van der Waals surface area contributed by atoms with Crippen molar-refractivity contribution in [1.29, 1.82) is 0 Å². The van der Waals surface area contributed by atoms with Gasteiger partial charge in [-0.1, -0.05) is 27.7 Å². The zero-order chi connectivity index (χ0) is 12.7. The minimum atomic E-state index is -0.0667. The Balaban J connectivity index is 2.01. The summed E-state index contributed by atoms with van der Waals surface area (Å²) in [5, 5.41) is 9.92. The zero-order valence-electron chi connectivity index (χ0n) is 12.0. The lowest BCUT2D eigenvalue weighted by molar-refractivity contribution is -0.0315. The summed E-state index contributed by atoms with van der Waals surface area (Å²) in [5.74, 6) is 0. The molecule has 100 valence electrons. The molecule has 0 radical (unpaired) electrons. The molecule has 0 aromatic heterocycles. The normalized spacial score (nSPS) is 37.9. The number of aliphatic hydroxyl groups excluding tert-OH is 1. The minimum absolute atomic E-state index is 0.0667. The quantitative estimate of drug-likeness (QED) is 0.760. The van der Waals surface area contributed by atoms with E-state index in [4.69, 9.17) is 0 Å². The van der Waals surface area contributed by atoms with E-state index in [1.165, 1.54) is 32.4 Å². The average molecular weight is 239 g/mol. The van der Waals surface area contributed by atoms with Gasteiger partial charge in [-0.05, 0) is 56.0 Å². The van der Waals surface area contributed by atoms with Crippen LogP contribution in [-0.2, 0) is 0 Å². The molecule has 1 N–H and O–H groups in total. The maximum Gasteiger partial charge on any atom is 0.0555 e. The van der Waals surface area contributed by atoms with E-state index in [1.54, 1.807) is 0 Å². The van der Waals surface area contributed by atoms with Gasteiger partial charge in [-0.3, -0.25) is 4.90 Å². The lowest BCUT2D eigenvalue weighted by Crippen LogP contribution is -2.53. The fourth-order valence-electron chi connectivity index (χ4n) is 3.48. The number of aliphatic hydroxyl groups is 1. The first-order chi connectivity index (χ1) is 7.80. The third kappa shape index (κ3) is 3.03. The number of hydrogen-bond donors (Lipinski definition) is 1. The van der Waals surface area contributed by atoms with Crippen molar-refractivity contribution in [3.8, 4) is 0 Å². The van der Waals surface area contributed by atoms with Gasteiger partial charge in [0.25, 0.3) is 0 Å². The van der Waals surface area contributed by atoms with E-state index in [9.17, 15) is 5.11 Å². The van der Waals surface area contributed by atoms with Crippen LogP contribution >= 0.6 is 0 Å². The molecule has 1 aliphatic carbocycles. The fraction of sp³-hybridized carbons (Fsp3) is 1.00. The number of likely N-dealkylation sites (tertiary alicyclic amines) is 1. The third-order valence-corrected chi connectivity index (χ3v) is 5.11. The molecule has 2 aliphatic rings. The van der Waals surface area contributed by atoms with Crippen LogP contribution in [0, 0.1) is 10.8 Å². The Morgan fingerprint density at radius 2 is 1.59 bits per heavy atom. The molecule has 2 heteroatoms. The predicted molar refractivity (Wildman–Crippen MR) is 72.0 cm³/mol. The van der Waals surface area contributed by atoms with E-state index in [1.807, 2.05) is 0 Å². The van der Waals surface area contributed by atoms with Gasteiger partial charge in [0.2, 0.25) is 0 Å². The molecule has 2 unspecified atom stereocenters. The van der Waals surface area contributed by atoms with Gasteiger partial charge in [-0.25, -0.2) is 0 Å². The highest BCUT2D eigenvalue weighted by Crippen LogP contribution is 2.41. The molecule has 1 saturated carbocycles. The Bertz CT molecular complexity index is 262. The summed E-state index contributed by atoms with van der Waals surface area (Å²) in [4.78, 5) is 2.65. The van der Waals surface area contributed by atoms with Gasteiger partial charge >= 0.3 is 0 Å². The first kappa shape index (κ1) is 13.4. The number of nitrogens with zero attached hydrogens (tertiary/aromatic N) is 1. The predicted octanol–water partition coefficient (Wildman–Crippen LogP) is 3.05. The van der Waals surface area contributed by atoms with E-state index in [-0.39, 0.29) is 6.10 Å². The highest BCUT2D eigenvalue weighted by molar-refractivity contribution is 4.94. The molecule has 1 aliphatic heterocycles. The molecule has 2 atom stereocenters. The third-order valence-electron chi connectivity index (χ3n) is 5.11. The smallest absolute Gasteiger partial charge is 0.0555 e. The maximum atomic E-state index is 9.92. The van der Waals surface area contributed by atoms with Gasteiger partial charge in [0.05, 0.1) is 6.10 Å². The largest absolute Gasteiger partial charge is 0.393 e. The van der Waals surface area contributed by atoms with Gasteiger partial charge < -0.3 is 5.11 Å². The number of hydrogen-bond acceptors (Lipinski definition) is 2. The number of rotatable bonds is 1. The van der Waals surface area contributed by atoms with Crippen LogP contribution in [0.2, 0.25) is 0 Å². The minimum Gasteiger partial charge on any atom is -0.393 e. The second-order valence-corrected chi connectivity index (χ2v) is 7.63. The summed E-state index contributed by atoms with van der Waals surface area (Å²) in [6.07, 6.45) is 5.67. The highest BCUT2D eigenvalue weighted by Gasteiger charge is 2.41. The number of piperidine rings is 1. The van der Waals surface area contributed by atoms with Gasteiger partial charge in [-0.2, -0.15) is 0 Å². The Morgan fingerprint density at radius 1 is 1.00 bits per heavy atom. The summed E-state index contributed by atoms with van der Waals surface area (Å²) in [6, 6.07) is 0.586. The molecule has 2 rings (SSSR count). The van der Waals surface area contributed by atoms with Crippen LogP contribution in [0.3, 0.4) is 0 Å². The monoisotopic (exact) mass is 239 g/mol. The van der Waals surface area contributed by atoms with Crippen LogP contribution in [0.25, 0.3) is 0 Å². The van der Waals surface area contributed by atoms with Gasteiger partial charge in [0, 0.05) is 6.04 Å². The Labute approximate surface area is 106 Å². The topological polar surface area (TPSA) is 23.5 Å². The second kappa shape index (κ2) is 4.55. The zero-order valence-corrected chi connectivity index (χ0v) is 12.0. The van der Waals surface area contributed by atoms with Crippen LogP contribution in [-0.4, -0.2) is 35.2 Å². The molecule has 0 bridgehead atoms.